The van der Waals surface area contributed by atoms with Crippen molar-refractivity contribution in [3.05, 3.63) is 5.82 Å². The zero-order chi connectivity index (χ0) is 15.3. The van der Waals surface area contributed by atoms with Gasteiger partial charge >= 0.3 is 0 Å². The van der Waals surface area contributed by atoms with Gasteiger partial charge in [-0.15, -0.1) is 0 Å². The summed E-state index contributed by atoms with van der Waals surface area (Å²) in [4.78, 5) is 9.99. The fraction of sp³-hybridized carbons (Fsp3) is 0.882. The van der Waals surface area contributed by atoms with Crippen LogP contribution in [0.4, 0.5) is 5.13 Å². The second kappa shape index (κ2) is 5.45. The molecular formula is C17H28N4S. The molecule has 1 aliphatic heterocycles. The molecule has 4 nitrogen and oxygen atoms in total. The van der Waals surface area contributed by atoms with Gasteiger partial charge in [-0.1, -0.05) is 27.2 Å². The van der Waals surface area contributed by atoms with Crippen LogP contribution in [-0.2, 0) is 5.41 Å². The van der Waals surface area contributed by atoms with E-state index in [0.29, 0.717) is 0 Å². The van der Waals surface area contributed by atoms with Gasteiger partial charge in [-0.3, -0.25) is 4.90 Å². The van der Waals surface area contributed by atoms with Crippen LogP contribution in [0.5, 0.6) is 0 Å². The molecule has 0 amide bonds. The van der Waals surface area contributed by atoms with Gasteiger partial charge in [0.2, 0.25) is 5.13 Å². The lowest BCUT2D eigenvalue weighted by Crippen LogP contribution is -2.51. The van der Waals surface area contributed by atoms with Crippen LogP contribution in [-0.4, -0.2) is 46.5 Å². The first-order chi connectivity index (χ1) is 10.5. The first-order valence-corrected chi connectivity index (χ1v) is 9.61. The monoisotopic (exact) mass is 320 g/mol. The molecule has 2 saturated carbocycles. The number of aromatic nitrogens is 2. The Bertz CT molecular complexity index is 527. The van der Waals surface area contributed by atoms with E-state index in [-0.39, 0.29) is 5.41 Å². The van der Waals surface area contributed by atoms with Crippen molar-refractivity contribution in [1.82, 2.24) is 14.3 Å². The minimum absolute atomic E-state index is 0.0552. The lowest BCUT2D eigenvalue weighted by Gasteiger charge is -2.40. The maximum Gasteiger partial charge on any atom is 0.205 e. The summed E-state index contributed by atoms with van der Waals surface area (Å²) >= 11 is 1.57. The van der Waals surface area contributed by atoms with E-state index < -0.39 is 0 Å². The summed E-state index contributed by atoms with van der Waals surface area (Å²) in [5.74, 6) is 3.04. The van der Waals surface area contributed by atoms with Gasteiger partial charge in [-0.25, -0.2) is 4.98 Å². The third kappa shape index (κ3) is 2.67. The zero-order valence-electron chi connectivity index (χ0n) is 14.1. The molecule has 1 aromatic rings. The quantitative estimate of drug-likeness (QED) is 0.838. The van der Waals surface area contributed by atoms with Gasteiger partial charge < -0.3 is 4.90 Å². The SMILES string of the molecule is CC(C)(C)c1nsc(N2CCN(C3CC4CCC3C4)CC2)n1. The number of hydrogen-bond donors (Lipinski definition) is 0. The number of rotatable bonds is 2. The fourth-order valence-corrected chi connectivity index (χ4v) is 5.46. The highest BCUT2D eigenvalue weighted by Gasteiger charge is 2.42. The highest BCUT2D eigenvalue weighted by Crippen LogP contribution is 2.46. The van der Waals surface area contributed by atoms with Crippen LogP contribution >= 0.6 is 11.5 Å². The third-order valence-electron chi connectivity index (χ3n) is 5.84. The molecular weight excluding hydrogens is 292 g/mol. The standard InChI is InChI=1S/C17H28N4S/c1-17(2,3)15-18-16(22-19-15)21-8-6-20(7-9-21)14-11-12-4-5-13(14)10-12/h12-14H,4-11H2,1-3H3. The van der Waals surface area contributed by atoms with E-state index in [2.05, 4.69) is 34.9 Å². The summed E-state index contributed by atoms with van der Waals surface area (Å²) in [5, 5.41) is 1.12. The van der Waals surface area contributed by atoms with Crippen LogP contribution < -0.4 is 4.90 Å². The lowest BCUT2D eigenvalue weighted by atomic mass is 9.93. The van der Waals surface area contributed by atoms with Crippen molar-refractivity contribution >= 4 is 16.7 Å². The Morgan fingerprint density at radius 1 is 1.05 bits per heavy atom. The van der Waals surface area contributed by atoms with E-state index >= 15 is 0 Å². The Kier molecular flexibility index (Phi) is 3.68. The number of fused-ring (bicyclic) bond motifs is 2. The summed E-state index contributed by atoms with van der Waals surface area (Å²) in [6.07, 6.45) is 5.97. The van der Waals surface area contributed by atoms with Crippen LogP contribution in [0.3, 0.4) is 0 Å². The van der Waals surface area contributed by atoms with E-state index in [9.17, 15) is 0 Å². The van der Waals surface area contributed by atoms with Crippen LogP contribution in [0.1, 0.15) is 52.3 Å². The van der Waals surface area contributed by atoms with Crippen molar-refractivity contribution in [2.45, 2.75) is 57.9 Å². The number of anilines is 1. The molecule has 3 aliphatic rings. The van der Waals surface area contributed by atoms with Crippen molar-refractivity contribution < 1.29 is 0 Å². The largest absolute Gasteiger partial charge is 0.344 e. The predicted molar refractivity (Wildman–Crippen MR) is 91.6 cm³/mol. The minimum atomic E-state index is 0.0552. The maximum atomic E-state index is 4.78. The van der Waals surface area contributed by atoms with Gasteiger partial charge in [0.25, 0.3) is 0 Å². The Morgan fingerprint density at radius 3 is 2.36 bits per heavy atom. The fourth-order valence-electron chi connectivity index (χ4n) is 4.55. The molecule has 4 rings (SSSR count). The predicted octanol–water partition coefficient (Wildman–Crippen LogP) is 3.15. The first-order valence-electron chi connectivity index (χ1n) is 8.84. The summed E-state index contributed by atoms with van der Waals surface area (Å²) in [6.45, 7) is 11.2. The van der Waals surface area contributed by atoms with Crippen LogP contribution in [0.2, 0.25) is 0 Å². The molecule has 2 bridgehead atoms. The number of hydrogen-bond acceptors (Lipinski definition) is 5. The van der Waals surface area contributed by atoms with Crippen molar-refractivity contribution in [3.8, 4) is 0 Å². The Hall–Kier alpha value is -0.680. The Labute approximate surface area is 138 Å². The van der Waals surface area contributed by atoms with Crippen LogP contribution in [0, 0.1) is 11.8 Å². The van der Waals surface area contributed by atoms with Gasteiger partial charge in [0.05, 0.1) is 0 Å². The second-order valence-electron chi connectivity index (χ2n) is 8.42. The highest BCUT2D eigenvalue weighted by molar-refractivity contribution is 7.09. The van der Waals surface area contributed by atoms with Crippen LogP contribution in [0.25, 0.3) is 0 Å². The molecule has 0 radical (unpaired) electrons. The molecule has 1 saturated heterocycles. The Balaban J connectivity index is 1.37. The molecule has 0 spiro atoms. The molecule has 3 atom stereocenters. The summed E-state index contributed by atoms with van der Waals surface area (Å²) in [5.41, 5.74) is 0.0552. The average molecular weight is 321 g/mol. The summed E-state index contributed by atoms with van der Waals surface area (Å²) in [6, 6.07) is 0.889. The van der Waals surface area contributed by atoms with E-state index in [0.717, 1.165) is 41.9 Å². The smallest absolute Gasteiger partial charge is 0.205 e. The van der Waals surface area contributed by atoms with Gasteiger partial charge in [0.1, 0.15) is 5.82 Å². The van der Waals surface area contributed by atoms with E-state index in [4.69, 9.17) is 4.98 Å². The van der Waals surface area contributed by atoms with E-state index in [1.807, 2.05) is 0 Å². The van der Waals surface area contributed by atoms with Crippen LogP contribution in [0.15, 0.2) is 0 Å². The van der Waals surface area contributed by atoms with Gasteiger partial charge in [-0.2, -0.15) is 4.37 Å². The van der Waals surface area contributed by atoms with Crippen molar-refractivity contribution in [1.29, 1.82) is 0 Å². The number of nitrogens with zero attached hydrogens (tertiary/aromatic N) is 4. The molecule has 3 fully saturated rings. The van der Waals surface area contributed by atoms with Crippen molar-refractivity contribution in [2.75, 3.05) is 31.1 Å². The van der Waals surface area contributed by atoms with Gasteiger partial charge in [0, 0.05) is 49.2 Å². The topological polar surface area (TPSA) is 32.3 Å². The molecule has 3 unspecified atom stereocenters. The molecule has 0 aromatic carbocycles. The van der Waals surface area contributed by atoms with E-state index in [1.54, 1.807) is 11.5 Å². The molecule has 2 heterocycles. The molecule has 5 heteroatoms. The maximum absolute atomic E-state index is 4.78. The van der Waals surface area contributed by atoms with Crippen molar-refractivity contribution in [3.63, 3.8) is 0 Å². The molecule has 22 heavy (non-hydrogen) atoms. The molecule has 2 aliphatic carbocycles. The molecule has 1 aromatic heterocycles. The lowest BCUT2D eigenvalue weighted by molar-refractivity contribution is 0.135. The number of piperazine rings is 1. The normalized spacial score (nSPS) is 32.9. The van der Waals surface area contributed by atoms with E-state index in [1.165, 1.54) is 38.8 Å². The zero-order valence-corrected chi connectivity index (χ0v) is 14.9. The summed E-state index contributed by atoms with van der Waals surface area (Å²) in [7, 11) is 0. The highest BCUT2D eigenvalue weighted by atomic mass is 32.1. The van der Waals surface area contributed by atoms with Gasteiger partial charge in [0.15, 0.2) is 0 Å². The molecule has 122 valence electrons. The Morgan fingerprint density at radius 2 is 1.82 bits per heavy atom. The first kappa shape index (κ1) is 14.9. The third-order valence-corrected chi connectivity index (χ3v) is 6.62. The van der Waals surface area contributed by atoms with Gasteiger partial charge in [-0.05, 0) is 31.1 Å². The second-order valence-corrected chi connectivity index (χ2v) is 9.15. The van der Waals surface area contributed by atoms with Crippen molar-refractivity contribution in [2.24, 2.45) is 11.8 Å². The minimum Gasteiger partial charge on any atom is -0.344 e. The summed E-state index contributed by atoms with van der Waals surface area (Å²) < 4.78 is 4.57. The molecule has 0 N–H and O–H groups in total. The average Bonchev–Trinajstić information content (AvgIpc) is 3.22.